The summed E-state index contributed by atoms with van der Waals surface area (Å²) in [4.78, 5) is 9.42. The van der Waals surface area contributed by atoms with Gasteiger partial charge in [0.05, 0.1) is 11.9 Å². The topological polar surface area (TPSA) is 25.8 Å². The molecule has 0 radical (unpaired) electrons. The van der Waals surface area contributed by atoms with Gasteiger partial charge >= 0.3 is 0 Å². The summed E-state index contributed by atoms with van der Waals surface area (Å²) in [6, 6.07) is 9.54. The first-order valence-electron chi connectivity index (χ1n) is 5.99. The van der Waals surface area contributed by atoms with Crippen LogP contribution in [0.3, 0.4) is 0 Å². The highest BCUT2D eigenvalue weighted by Crippen LogP contribution is 2.36. The van der Waals surface area contributed by atoms with Gasteiger partial charge in [0.1, 0.15) is 5.01 Å². The highest BCUT2D eigenvalue weighted by atomic mass is 79.9. The molecule has 0 aliphatic rings. The van der Waals surface area contributed by atoms with E-state index in [4.69, 9.17) is 0 Å². The number of rotatable bonds is 2. The molecule has 3 aromatic rings. The highest BCUT2D eigenvalue weighted by Gasteiger charge is 2.15. The van der Waals surface area contributed by atoms with E-state index in [0.717, 1.165) is 20.6 Å². The van der Waals surface area contributed by atoms with E-state index in [0.29, 0.717) is 10.6 Å². The molecule has 5 heteroatoms. The lowest BCUT2D eigenvalue weighted by molar-refractivity contribution is 0.625. The molecule has 0 unspecified atom stereocenters. The number of aromatic nitrogens is 2. The molecule has 0 spiro atoms. The van der Waals surface area contributed by atoms with Crippen LogP contribution in [0.4, 0.5) is 4.39 Å². The summed E-state index contributed by atoms with van der Waals surface area (Å²) >= 11 is 5.01. The van der Waals surface area contributed by atoms with Crippen molar-refractivity contribution in [3.05, 3.63) is 57.9 Å². The summed E-state index contributed by atoms with van der Waals surface area (Å²) in [6.45, 7) is 2.00. The Bertz CT molecular complexity index is 770. The van der Waals surface area contributed by atoms with Gasteiger partial charge in [-0.1, -0.05) is 34.1 Å². The van der Waals surface area contributed by atoms with Crippen molar-refractivity contribution in [3.63, 3.8) is 0 Å². The van der Waals surface area contributed by atoms with Crippen LogP contribution in [0.15, 0.2) is 47.2 Å². The molecule has 3 rings (SSSR count). The van der Waals surface area contributed by atoms with Gasteiger partial charge in [0.2, 0.25) is 0 Å². The lowest BCUT2D eigenvalue weighted by atomic mass is 10.1. The minimum absolute atomic E-state index is 0.347. The average molecular weight is 349 g/mol. The van der Waals surface area contributed by atoms with Crippen LogP contribution in [0, 0.1) is 12.7 Å². The first-order valence-corrected chi connectivity index (χ1v) is 7.60. The van der Waals surface area contributed by atoms with Crippen molar-refractivity contribution in [2.75, 3.05) is 0 Å². The number of thiazole rings is 1. The second kappa shape index (κ2) is 5.42. The van der Waals surface area contributed by atoms with Crippen molar-refractivity contribution in [1.82, 2.24) is 9.97 Å². The van der Waals surface area contributed by atoms with Crippen LogP contribution in [0.5, 0.6) is 0 Å². The minimum Gasteiger partial charge on any atom is -0.262 e. The Balaban J connectivity index is 2.13. The maximum absolute atomic E-state index is 13.8. The number of hydrogen-bond acceptors (Lipinski definition) is 3. The molecule has 0 N–H and O–H groups in total. The van der Waals surface area contributed by atoms with E-state index in [-0.39, 0.29) is 5.82 Å². The van der Waals surface area contributed by atoms with Gasteiger partial charge in [0.15, 0.2) is 5.82 Å². The normalized spacial score (nSPS) is 10.8. The molecule has 0 aliphatic heterocycles. The van der Waals surface area contributed by atoms with Gasteiger partial charge in [0.25, 0.3) is 0 Å². The average Bonchev–Trinajstić information content (AvgIpc) is 2.81. The van der Waals surface area contributed by atoms with Gasteiger partial charge in [-0.3, -0.25) is 4.98 Å². The molecule has 20 heavy (non-hydrogen) atoms. The van der Waals surface area contributed by atoms with E-state index >= 15 is 0 Å². The zero-order chi connectivity index (χ0) is 14.1. The summed E-state index contributed by atoms with van der Waals surface area (Å²) in [7, 11) is 0. The van der Waals surface area contributed by atoms with Gasteiger partial charge in [-0.05, 0) is 19.1 Å². The summed E-state index contributed by atoms with van der Waals surface area (Å²) < 4.78 is 14.8. The van der Waals surface area contributed by atoms with Crippen LogP contribution in [0.2, 0.25) is 0 Å². The van der Waals surface area contributed by atoms with Gasteiger partial charge in [0, 0.05) is 26.7 Å². The molecule has 0 atom stereocenters. The van der Waals surface area contributed by atoms with Crippen molar-refractivity contribution in [1.29, 1.82) is 0 Å². The number of pyridine rings is 1. The van der Waals surface area contributed by atoms with E-state index in [1.807, 2.05) is 31.2 Å². The third kappa shape index (κ3) is 2.39. The fourth-order valence-corrected chi connectivity index (χ4v) is 3.39. The van der Waals surface area contributed by atoms with Crippen LogP contribution in [0.25, 0.3) is 21.8 Å². The van der Waals surface area contributed by atoms with E-state index in [1.165, 1.54) is 17.5 Å². The molecule has 0 saturated carbocycles. The molecule has 0 aliphatic carbocycles. The number of hydrogen-bond donors (Lipinski definition) is 0. The van der Waals surface area contributed by atoms with E-state index in [1.54, 1.807) is 12.3 Å². The van der Waals surface area contributed by atoms with Crippen LogP contribution in [0.1, 0.15) is 4.88 Å². The second-order valence-corrected chi connectivity index (χ2v) is 6.32. The SMILES string of the molecule is Cc1sc(-c2ccncc2F)nc1-c1ccccc1Br. The number of halogens is 2. The maximum Gasteiger partial charge on any atom is 0.151 e. The molecule has 0 fully saturated rings. The largest absolute Gasteiger partial charge is 0.262 e. The predicted molar refractivity (Wildman–Crippen MR) is 83.2 cm³/mol. The molecular weight excluding hydrogens is 339 g/mol. The molecule has 100 valence electrons. The lowest BCUT2D eigenvalue weighted by Gasteiger charge is -2.01. The lowest BCUT2D eigenvalue weighted by Crippen LogP contribution is -1.86. The Hall–Kier alpha value is -1.59. The molecule has 2 nitrogen and oxygen atoms in total. The van der Waals surface area contributed by atoms with E-state index < -0.39 is 0 Å². The summed E-state index contributed by atoms with van der Waals surface area (Å²) in [6.07, 6.45) is 2.79. The molecule has 0 bridgehead atoms. The highest BCUT2D eigenvalue weighted by molar-refractivity contribution is 9.10. The molecule has 1 aromatic carbocycles. The summed E-state index contributed by atoms with van der Waals surface area (Å²) in [5.74, 6) is -0.347. The number of nitrogens with zero attached hydrogens (tertiary/aromatic N) is 2. The standard InChI is InChI=1S/C15H10BrFN2S/c1-9-14(10-4-2-3-5-12(10)16)19-15(20-9)11-6-7-18-8-13(11)17/h2-8H,1H3. The Morgan fingerprint density at radius 3 is 2.70 bits per heavy atom. The van der Waals surface area contributed by atoms with Gasteiger partial charge < -0.3 is 0 Å². The smallest absolute Gasteiger partial charge is 0.151 e. The van der Waals surface area contributed by atoms with Crippen molar-refractivity contribution in [2.45, 2.75) is 6.92 Å². The predicted octanol–water partition coefficient (Wildman–Crippen LogP) is 5.08. The molecule has 0 amide bonds. The maximum atomic E-state index is 13.8. The molecule has 2 aromatic heterocycles. The van der Waals surface area contributed by atoms with Gasteiger partial charge in [-0.15, -0.1) is 11.3 Å². The third-order valence-electron chi connectivity index (χ3n) is 2.93. The van der Waals surface area contributed by atoms with Crippen LogP contribution < -0.4 is 0 Å². The summed E-state index contributed by atoms with van der Waals surface area (Å²) in [5.41, 5.74) is 2.39. The number of benzene rings is 1. The molecule has 2 heterocycles. The first-order chi connectivity index (χ1) is 9.66. The molecular formula is C15H10BrFN2S. The monoisotopic (exact) mass is 348 g/mol. The Morgan fingerprint density at radius 2 is 1.95 bits per heavy atom. The van der Waals surface area contributed by atoms with Crippen molar-refractivity contribution in [2.24, 2.45) is 0 Å². The first kappa shape index (κ1) is 13.4. The van der Waals surface area contributed by atoms with Crippen LogP contribution >= 0.6 is 27.3 Å². The van der Waals surface area contributed by atoms with Crippen LogP contribution in [-0.2, 0) is 0 Å². The van der Waals surface area contributed by atoms with Gasteiger partial charge in [-0.25, -0.2) is 9.37 Å². The Labute approximate surface area is 128 Å². The quantitative estimate of drug-likeness (QED) is 0.645. The van der Waals surface area contributed by atoms with E-state index in [2.05, 4.69) is 25.9 Å². The fourth-order valence-electron chi connectivity index (χ4n) is 1.96. The third-order valence-corrected chi connectivity index (χ3v) is 4.62. The summed E-state index contributed by atoms with van der Waals surface area (Å²) in [5, 5.41) is 0.674. The minimum atomic E-state index is -0.347. The van der Waals surface area contributed by atoms with Crippen LogP contribution in [-0.4, -0.2) is 9.97 Å². The van der Waals surface area contributed by atoms with Gasteiger partial charge in [-0.2, -0.15) is 0 Å². The van der Waals surface area contributed by atoms with Crippen molar-refractivity contribution >= 4 is 27.3 Å². The van der Waals surface area contributed by atoms with Crippen molar-refractivity contribution in [3.8, 4) is 21.8 Å². The second-order valence-electron chi connectivity index (χ2n) is 4.26. The number of aryl methyl sites for hydroxylation is 1. The van der Waals surface area contributed by atoms with Crippen molar-refractivity contribution < 1.29 is 4.39 Å². The Kier molecular flexibility index (Phi) is 3.63. The zero-order valence-corrected chi connectivity index (χ0v) is 13.0. The molecule has 0 saturated heterocycles. The van der Waals surface area contributed by atoms with E-state index in [9.17, 15) is 4.39 Å². The fraction of sp³-hybridized carbons (Fsp3) is 0.0667. The Morgan fingerprint density at radius 1 is 1.15 bits per heavy atom. The zero-order valence-electron chi connectivity index (χ0n) is 10.6.